The summed E-state index contributed by atoms with van der Waals surface area (Å²) < 4.78 is 27.5. The van der Waals surface area contributed by atoms with Crippen molar-refractivity contribution >= 4 is 27.6 Å². The molecule has 0 aromatic heterocycles. The molecule has 7 nitrogen and oxygen atoms in total. The first kappa shape index (κ1) is 18.2. The molecule has 2 atom stereocenters. The lowest BCUT2D eigenvalue weighted by Crippen LogP contribution is -2.30. The number of amides is 1. The Labute approximate surface area is 140 Å². The summed E-state index contributed by atoms with van der Waals surface area (Å²) in [5, 5.41) is 7.55. The fraction of sp³-hybridized carbons (Fsp3) is 0.375. The van der Waals surface area contributed by atoms with Gasteiger partial charge in [-0.3, -0.25) is 9.59 Å². The summed E-state index contributed by atoms with van der Waals surface area (Å²) in [6, 6.07) is 5.40. The molecule has 0 spiro atoms. The fourth-order valence-corrected chi connectivity index (χ4v) is 2.87. The number of nitrogens with one attached hydrogen (secondary N) is 1. The van der Waals surface area contributed by atoms with Crippen LogP contribution in [0.3, 0.4) is 0 Å². The highest BCUT2D eigenvalue weighted by molar-refractivity contribution is 7.89. The number of carbonyl (C=O) groups excluding carboxylic acids is 2. The smallest absolute Gasteiger partial charge is 0.307 e. The number of primary sulfonamides is 1. The fourth-order valence-electron chi connectivity index (χ4n) is 2.35. The third-order valence-corrected chi connectivity index (χ3v) is 4.60. The molecular weight excluding hydrogens is 332 g/mol. The minimum absolute atomic E-state index is 0.0513. The Balaban J connectivity index is 1.86. The first-order valence-corrected chi connectivity index (χ1v) is 9.10. The molecule has 1 aromatic rings. The van der Waals surface area contributed by atoms with E-state index in [4.69, 9.17) is 9.88 Å². The highest BCUT2D eigenvalue weighted by Crippen LogP contribution is 2.21. The maximum absolute atomic E-state index is 12.0. The number of carbonyl (C=O) groups is 2. The van der Waals surface area contributed by atoms with Crippen molar-refractivity contribution in [2.75, 3.05) is 5.32 Å². The second-order valence-corrected chi connectivity index (χ2v) is 7.22. The topological polar surface area (TPSA) is 116 Å². The van der Waals surface area contributed by atoms with Crippen LogP contribution in [0.4, 0.5) is 5.69 Å². The molecule has 1 aliphatic carbocycles. The lowest BCUT2D eigenvalue weighted by atomic mass is 10.1. The van der Waals surface area contributed by atoms with Crippen LogP contribution in [-0.2, 0) is 24.3 Å². The number of anilines is 1. The van der Waals surface area contributed by atoms with Gasteiger partial charge in [-0.05, 0) is 49.9 Å². The number of nitrogens with two attached hydrogens (primary N) is 1. The number of hydrogen-bond acceptors (Lipinski definition) is 5. The highest BCUT2D eigenvalue weighted by atomic mass is 32.2. The Morgan fingerprint density at radius 1 is 1.33 bits per heavy atom. The van der Waals surface area contributed by atoms with Gasteiger partial charge in [0.2, 0.25) is 10.0 Å². The minimum Gasteiger partial charge on any atom is -0.453 e. The molecule has 0 unspecified atom stereocenters. The molecule has 0 aliphatic heterocycles. The zero-order valence-electron chi connectivity index (χ0n) is 13.3. The van der Waals surface area contributed by atoms with Crippen molar-refractivity contribution < 1.29 is 22.7 Å². The van der Waals surface area contributed by atoms with Crippen molar-refractivity contribution in [3.05, 3.63) is 36.4 Å². The highest BCUT2D eigenvalue weighted by Gasteiger charge is 2.21. The summed E-state index contributed by atoms with van der Waals surface area (Å²) in [4.78, 5) is 23.8. The van der Waals surface area contributed by atoms with Crippen molar-refractivity contribution in [3.8, 4) is 0 Å². The van der Waals surface area contributed by atoms with Crippen LogP contribution in [0.15, 0.2) is 41.3 Å². The van der Waals surface area contributed by atoms with Gasteiger partial charge in [0, 0.05) is 5.69 Å². The third-order valence-electron chi connectivity index (χ3n) is 3.67. The van der Waals surface area contributed by atoms with Gasteiger partial charge < -0.3 is 10.1 Å². The zero-order valence-corrected chi connectivity index (χ0v) is 14.1. The van der Waals surface area contributed by atoms with Crippen LogP contribution in [0.25, 0.3) is 0 Å². The number of allylic oxidation sites excluding steroid dienone is 2. The van der Waals surface area contributed by atoms with E-state index in [1.807, 2.05) is 12.2 Å². The zero-order chi connectivity index (χ0) is 17.7. The van der Waals surface area contributed by atoms with Crippen LogP contribution >= 0.6 is 0 Å². The van der Waals surface area contributed by atoms with E-state index in [2.05, 4.69) is 5.32 Å². The predicted molar refractivity (Wildman–Crippen MR) is 88.5 cm³/mol. The monoisotopic (exact) mass is 352 g/mol. The van der Waals surface area contributed by atoms with Crippen molar-refractivity contribution in [2.24, 2.45) is 11.1 Å². The van der Waals surface area contributed by atoms with Crippen LogP contribution in [0.2, 0.25) is 0 Å². The second kappa shape index (κ2) is 7.59. The van der Waals surface area contributed by atoms with E-state index in [9.17, 15) is 18.0 Å². The first-order chi connectivity index (χ1) is 11.3. The van der Waals surface area contributed by atoms with Gasteiger partial charge in [0.25, 0.3) is 5.91 Å². The standard InChI is InChI=1S/C16H20N2O5S/c1-11(23-15(19)10-12-4-2-3-5-12)16(20)18-13-6-8-14(9-7-13)24(17,21)22/h2,4,6-9,11-12H,3,5,10H2,1H3,(H,18,20)(H2,17,21,22)/t11-,12-/m0/s1. The minimum atomic E-state index is -3.78. The number of benzene rings is 1. The Bertz CT molecular complexity index is 740. The third kappa shape index (κ3) is 5.17. The summed E-state index contributed by atoms with van der Waals surface area (Å²) in [6.07, 6.45) is 5.21. The molecule has 0 bridgehead atoms. The number of sulfonamides is 1. The Morgan fingerprint density at radius 2 is 2.00 bits per heavy atom. The van der Waals surface area contributed by atoms with Crippen molar-refractivity contribution in [1.82, 2.24) is 0 Å². The summed E-state index contributed by atoms with van der Waals surface area (Å²) >= 11 is 0. The van der Waals surface area contributed by atoms with Gasteiger partial charge in [-0.15, -0.1) is 0 Å². The van der Waals surface area contributed by atoms with Gasteiger partial charge >= 0.3 is 5.97 Å². The van der Waals surface area contributed by atoms with Crippen molar-refractivity contribution in [1.29, 1.82) is 0 Å². The largest absolute Gasteiger partial charge is 0.453 e. The second-order valence-electron chi connectivity index (χ2n) is 5.66. The van der Waals surface area contributed by atoms with Crippen LogP contribution in [0.5, 0.6) is 0 Å². The SMILES string of the molecule is C[C@H](OC(=O)C[C@H]1C=CCC1)C(=O)Nc1ccc(S(N)(=O)=O)cc1. The number of esters is 1. The van der Waals surface area contributed by atoms with Gasteiger partial charge in [0.1, 0.15) is 0 Å². The molecule has 24 heavy (non-hydrogen) atoms. The molecule has 1 aromatic carbocycles. The van der Waals surface area contributed by atoms with E-state index in [1.54, 1.807) is 0 Å². The molecule has 0 saturated heterocycles. The summed E-state index contributed by atoms with van der Waals surface area (Å²) in [5.41, 5.74) is 0.383. The number of rotatable bonds is 6. The van der Waals surface area contributed by atoms with Gasteiger partial charge in [0.05, 0.1) is 11.3 Å². The van der Waals surface area contributed by atoms with Crippen LogP contribution in [0.1, 0.15) is 26.2 Å². The maximum atomic E-state index is 12.0. The quantitative estimate of drug-likeness (QED) is 0.595. The van der Waals surface area contributed by atoms with Gasteiger partial charge in [-0.25, -0.2) is 13.6 Å². The summed E-state index contributed by atoms with van der Waals surface area (Å²) in [6.45, 7) is 1.48. The Morgan fingerprint density at radius 3 is 2.54 bits per heavy atom. The molecule has 0 radical (unpaired) electrons. The lowest BCUT2D eigenvalue weighted by molar-refractivity contribution is -0.153. The van der Waals surface area contributed by atoms with Crippen LogP contribution in [0, 0.1) is 5.92 Å². The van der Waals surface area contributed by atoms with E-state index in [0.29, 0.717) is 5.69 Å². The normalized spacial score (nSPS) is 18.2. The molecule has 0 saturated carbocycles. The van der Waals surface area contributed by atoms with Crippen molar-refractivity contribution in [3.63, 3.8) is 0 Å². The van der Waals surface area contributed by atoms with E-state index in [1.165, 1.54) is 31.2 Å². The molecule has 2 rings (SSSR count). The molecule has 1 amide bonds. The summed E-state index contributed by atoms with van der Waals surface area (Å²) in [5.74, 6) is -0.731. The predicted octanol–water partition coefficient (Wildman–Crippen LogP) is 1.56. The average molecular weight is 352 g/mol. The van der Waals surface area contributed by atoms with E-state index < -0.39 is 28.0 Å². The van der Waals surface area contributed by atoms with Crippen LogP contribution in [-0.4, -0.2) is 26.4 Å². The van der Waals surface area contributed by atoms with Gasteiger partial charge in [0.15, 0.2) is 6.10 Å². The first-order valence-electron chi connectivity index (χ1n) is 7.55. The average Bonchev–Trinajstić information content (AvgIpc) is 2.99. The van der Waals surface area contributed by atoms with Crippen LogP contribution < -0.4 is 10.5 Å². The Kier molecular flexibility index (Phi) is 5.74. The van der Waals surface area contributed by atoms with E-state index in [-0.39, 0.29) is 17.2 Å². The van der Waals surface area contributed by atoms with E-state index >= 15 is 0 Å². The molecule has 0 heterocycles. The van der Waals surface area contributed by atoms with Crippen molar-refractivity contribution in [2.45, 2.75) is 37.2 Å². The Hall–Kier alpha value is -2.19. The molecule has 8 heteroatoms. The lowest BCUT2D eigenvalue weighted by Gasteiger charge is -2.15. The summed E-state index contributed by atoms with van der Waals surface area (Å²) in [7, 11) is -3.78. The van der Waals surface area contributed by atoms with E-state index in [0.717, 1.165) is 12.8 Å². The number of ether oxygens (including phenoxy) is 1. The molecular formula is C16H20N2O5S. The maximum Gasteiger partial charge on any atom is 0.307 e. The molecule has 1 aliphatic rings. The molecule has 0 fully saturated rings. The van der Waals surface area contributed by atoms with Gasteiger partial charge in [-0.1, -0.05) is 12.2 Å². The van der Waals surface area contributed by atoms with Gasteiger partial charge in [-0.2, -0.15) is 0 Å². The molecule has 130 valence electrons. The number of hydrogen-bond donors (Lipinski definition) is 2. The molecule has 3 N–H and O–H groups in total.